The summed E-state index contributed by atoms with van der Waals surface area (Å²) in [5, 5.41) is 1.26. The van der Waals surface area contributed by atoms with Crippen LogP contribution in [-0.2, 0) is 4.79 Å². The van der Waals surface area contributed by atoms with Gasteiger partial charge in [-0.05, 0) is 52.6 Å². The van der Waals surface area contributed by atoms with Crippen LogP contribution in [0.25, 0.3) is 10.2 Å². The van der Waals surface area contributed by atoms with Crippen LogP contribution in [-0.4, -0.2) is 49.0 Å². The Labute approximate surface area is 135 Å². The minimum absolute atomic E-state index is 0.250. The number of carbonyl (C=O) groups is 1. The number of aromatic nitrogens is 1. The Balaban J connectivity index is 0.000000545. The van der Waals surface area contributed by atoms with E-state index in [1.807, 2.05) is 0 Å². The maximum absolute atomic E-state index is 8.58. The monoisotopic (exact) mass is 320 g/mol. The molecule has 1 aliphatic rings. The third-order valence-corrected chi connectivity index (χ3v) is 5.31. The number of amides is 1. The van der Waals surface area contributed by atoms with E-state index in [2.05, 4.69) is 61.7 Å². The van der Waals surface area contributed by atoms with E-state index in [9.17, 15) is 0 Å². The Morgan fingerprint density at radius 1 is 1.45 bits per heavy atom. The molecule has 2 aromatic heterocycles. The molecule has 1 fully saturated rings. The summed E-state index contributed by atoms with van der Waals surface area (Å²) in [6, 6.07) is 6.58. The van der Waals surface area contributed by atoms with Gasteiger partial charge in [-0.2, -0.15) is 0 Å². The van der Waals surface area contributed by atoms with Gasteiger partial charge in [-0.15, -0.1) is 11.3 Å². The number of carbonyl (C=O) groups excluding carboxylic acids is 1. The number of thiophene rings is 1. The Hall–Kier alpha value is -1.66. The zero-order chi connectivity index (χ0) is 16.3. The largest absolute Gasteiger partial charge is 0.372 e. The van der Waals surface area contributed by atoms with Crippen LogP contribution in [0, 0.1) is 6.92 Å². The molecule has 1 unspecified atom stereocenters. The first kappa shape index (κ1) is 16.7. The number of anilines is 1. The second-order valence-corrected chi connectivity index (χ2v) is 7.35. The third kappa shape index (κ3) is 3.39. The van der Waals surface area contributed by atoms with E-state index >= 15 is 0 Å². The maximum Gasteiger partial charge on any atom is 0.204 e. The van der Waals surface area contributed by atoms with Gasteiger partial charge in [0.05, 0.1) is 0 Å². The number of rotatable bonds is 2. The number of pyridine rings is 1. The summed E-state index contributed by atoms with van der Waals surface area (Å²) < 4.78 is 0. The molecule has 1 aliphatic heterocycles. The average molecular weight is 320 g/mol. The Bertz CT molecular complexity index is 655. The fourth-order valence-corrected chi connectivity index (χ4v) is 3.59. The first-order valence-electron chi connectivity index (χ1n) is 7.34. The van der Waals surface area contributed by atoms with Gasteiger partial charge in [-0.25, -0.2) is 4.98 Å². The highest BCUT2D eigenvalue weighted by Crippen LogP contribution is 2.31. The highest BCUT2D eigenvalue weighted by Gasteiger charge is 2.36. The van der Waals surface area contributed by atoms with Gasteiger partial charge in [0.1, 0.15) is 10.6 Å². The molecule has 120 valence electrons. The second kappa shape index (κ2) is 6.62. The Morgan fingerprint density at radius 2 is 2.14 bits per heavy atom. The molecule has 3 rings (SSSR count). The van der Waals surface area contributed by atoms with Crippen molar-refractivity contribution in [2.45, 2.75) is 25.8 Å². The predicted molar refractivity (Wildman–Crippen MR) is 93.5 cm³/mol. The summed E-state index contributed by atoms with van der Waals surface area (Å²) in [4.78, 5) is 20.7. The third-order valence-electron chi connectivity index (χ3n) is 4.35. The Kier molecular flexibility index (Phi) is 5.03. The molecule has 5 nitrogen and oxygen atoms in total. The molecule has 6 heteroatoms. The van der Waals surface area contributed by atoms with Gasteiger partial charge < -0.3 is 15.5 Å². The van der Waals surface area contributed by atoms with Crippen molar-refractivity contribution in [3.8, 4) is 0 Å². The molecule has 0 saturated carbocycles. The molecule has 0 radical (unpaired) electrons. The number of hydrogen-bond acceptors (Lipinski definition) is 5. The standard InChI is InChI=1S/C15H21N3S.CH3NO/c1-11-9-12-5-6-13(16-14(12)19-11)18-8-7-15(2,10-18)17(3)4;2-1-3/h5-6,9H,7-8,10H2,1-4H3;1H,(H2,2,3). The van der Waals surface area contributed by atoms with Crippen molar-refractivity contribution in [1.29, 1.82) is 0 Å². The van der Waals surface area contributed by atoms with Crippen LogP contribution in [0.1, 0.15) is 18.2 Å². The number of aryl methyl sites for hydroxylation is 1. The number of nitrogens with two attached hydrogens (primary N) is 1. The molecular weight excluding hydrogens is 296 g/mol. The molecular formula is C16H24N4OS. The van der Waals surface area contributed by atoms with Gasteiger partial charge >= 0.3 is 0 Å². The summed E-state index contributed by atoms with van der Waals surface area (Å²) in [5.74, 6) is 1.12. The molecule has 22 heavy (non-hydrogen) atoms. The lowest BCUT2D eigenvalue weighted by Crippen LogP contribution is -2.43. The van der Waals surface area contributed by atoms with Gasteiger partial charge in [-0.3, -0.25) is 4.79 Å². The van der Waals surface area contributed by atoms with Gasteiger partial charge in [0.2, 0.25) is 6.41 Å². The predicted octanol–water partition coefficient (Wildman–Crippen LogP) is 2.24. The van der Waals surface area contributed by atoms with Gasteiger partial charge in [-0.1, -0.05) is 0 Å². The molecule has 2 N–H and O–H groups in total. The first-order chi connectivity index (χ1) is 10.4. The van der Waals surface area contributed by atoms with Crippen LogP contribution in [0.15, 0.2) is 18.2 Å². The first-order valence-corrected chi connectivity index (χ1v) is 8.16. The summed E-state index contributed by atoms with van der Waals surface area (Å²) >= 11 is 1.78. The lowest BCUT2D eigenvalue weighted by atomic mass is 10.0. The van der Waals surface area contributed by atoms with E-state index < -0.39 is 0 Å². The van der Waals surface area contributed by atoms with Crippen molar-refractivity contribution in [3.63, 3.8) is 0 Å². The maximum atomic E-state index is 8.58. The number of hydrogen-bond donors (Lipinski definition) is 1. The summed E-state index contributed by atoms with van der Waals surface area (Å²) in [7, 11) is 4.34. The van der Waals surface area contributed by atoms with Crippen molar-refractivity contribution in [1.82, 2.24) is 9.88 Å². The molecule has 1 amide bonds. The molecule has 0 aliphatic carbocycles. The molecule has 0 spiro atoms. The highest BCUT2D eigenvalue weighted by molar-refractivity contribution is 7.18. The minimum atomic E-state index is 0.250. The van der Waals surface area contributed by atoms with E-state index in [1.54, 1.807) is 11.3 Å². The van der Waals surface area contributed by atoms with Gasteiger partial charge in [0, 0.05) is 28.9 Å². The van der Waals surface area contributed by atoms with E-state index in [1.165, 1.54) is 16.7 Å². The van der Waals surface area contributed by atoms with Crippen LogP contribution in [0.5, 0.6) is 0 Å². The van der Waals surface area contributed by atoms with E-state index in [0.717, 1.165) is 23.7 Å². The summed E-state index contributed by atoms with van der Waals surface area (Å²) in [5.41, 5.74) is 4.43. The van der Waals surface area contributed by atoms with Crippen LogP contribution in [0.4, 0.5) is 5.82 Å². The number of likely N-dealkylation sites (N-methyl/N-ethyl adjacent to an activating group) is 1. The van der Waals surface area contributed by atoms with Crippen LogP contribution in [0.2, 0.25) is 0 Å². The average Bonchev–Trinajstić information content (AvgIpc) is 3.02. The Morgan fingerprint density at radius 3 is 2.73 bits per heavy atom. The van der Waals surface area contributed by atoms with Crippen molar-refractivity contribution in [3.05, 3.63) is 23.1 Å². The van der Waals surface area contributed by atoms with Crippen LogP contribution < -0.4 is 10.6 Å². The fraction of sp³-hybridized carbons (Fsp3) is 0.500. The highest BCUT2D eigenvalue weighted by atomic mass is 32.1. The zero-order valence-corrected chi connectivity index (χ0v) is 14.5. The van der Waals surface area contributed by atoms with Crippen LogP contribution in [0.3, 0.4) is 0 Å². The van der Waals surface area contributed by atoms with Gasteiger partial charge in [0.25, 0.3) is 0 Å². The molecule has 3 heterocycles. The van der Waals surface area contributed by atoms with Crippen molar-refractivity contribution in [2.24, 2.45) is 5.73 Å². The lowest BCUT2D eigenvalue weighted by Gasteiger charge is -2.32. The normalized spacial score (nSPS) is 21.0. The van der Waals surface area contributed by atoms with Gasteiger partial charge in [0.15, 0.2) is 0 Å². The van der Waals surface area contributed by atoms with E-state index in [0.29, 0.717) is 0 Å². The SMILES string of the molecule is Cc1cc2ccc(N3CCC(C)(N(C)C)C3)nc2s1.NC=O. The lowest BCUT2D eigenvalue weighted by molar-refractivity contribution is -0.106. The molecule has 1 atom stereocenters. The van der Waals surface area contributed by atoms with Crippen molar-refractivity contribution >= 4 is 33.8 Å². The summed E-state index contributed by atoms with van der Waals surface area (Å²) in [6.07, 6.45) is 1.45. The fourth-order valence-electron chi connectivity index (χ4n) is 2.72. The zero-order valence-electron chi connectivity index (χ0n) is 13.7. The molecule has 2 aromatic rings. The van der Waals surface area contributed by atoms with Crippen molar-refractivity contribution in [2.75, 3.05) is 32.1 Å². The number of nitrogens with zero attached hydrogens (tertiary/aromatic N) is 3. The van der Waals surface area contributed by atoms with Crippen molar-refractivity contribution < 1.29 is 4.79 Å². The minimum Gasteiger partial charge on any atom is -0.372 e. The van der Waals surface area contributed by atoms with E-state index in [4.69, 9.17) is 9.78 Å². The number of fused-ring (bicyclic) bond motifs is 1. The smallest absolute Gasteiger partial charge is 0.204 e. The topological polar surface area (TPSA) is 62.5 Å². The molecule has 0 aromatic carbocycles. The molecule has 1 saturated heterocycles. The number of primary amides is 1. The summed E-state index contributed by atoms with van der Waals surface area (Å²) in [6.45, 7) is 6.63. The second-order valence-electron chi connectivity index (χ2n) is 6.12. The van der Waals surface area contributed by atoms with E-state index in [-0.39, 0.29) is 11.9 Å². The molecule has 0 bridgehead atoms. The van der Waals surface area contributed by atoms with Crippen LogP contribution >= 0.6 is 11.3 Å². The quantitative estimate of drug-likeness (QED) is 0.862.